The van der Waals surface area contributed by atoms with Crippen molar-refractivity contribution < 1.29 is 0 Å². The molecule has 23 heavy (non-hydrogen) atoms. The second-order valence-corrected chi connectivity index (χ2v) is 7.25. The Morgan fingerprint density at radius 2 is 2.04 bits per heavy atom. The van der Waals surface area contributed by atoms with Crippen molar-refractivity contribution >= 4 is 40.4 Å². The summed E-state index contributed by atoms with van der Waals surface area (Å²) >= 11 is 14.3. The maximum atomic E-state index is 6.43. The summed E-state index contributed by atoms with van der Waals surface area (Å²) in [6.07, 6.45) is 3.34. The van der Waals surface area contributed by atoms with Crippen LogP contribution < -0.4 is 5.32 Å². The number of thiophene rings is 1. The van der Waals surface area contributed by atoms with Gasteiger partial charge in [-0.2, -0.15) is 5.10 Å². The Morgan fingerprint density at radius 3 is 2.87 bits per heavy atom. The number of anilines is 1. The summed E-state index contributed by atoms with van der Waals surface area (Å²) in [6, 6.07) is 9.82. The van der Waals surface area contributed by atoms with E-state index in [2.05, 4.69) is 22.8 Å². The molecule has 1 aliphatic rings. The van der Waals surface area contributed by atoms with Gasteiger partial charge in [0.15, 0.2) is 0 Å². The molecular weight excluding hydrogens is 349 g/mol. The van der Waals surface area contributed by atoms with Crippen LogP contribution in [0.25, 0.3) is 16.3 Å². The molecule has 1 N–H and O–H groups in total. The fourth-order valence-electron chi connectivity index (χ4n) is 2.94. The Morgan fingerprint density at radius 1 is 1.13 bits per heavy atom. The van der Waals surface area contributed by atoms with Gasteiger partial charge in [-0.05, 0) is 42.8 Å². The number of rotatable bonds is 2. The number of hydrogen-bond acceptors (Lipinski definition) is 3. The maximum absolute atomic E-state index is 6.43. The SMILES string of the molecule is Clc1cccc(-n2nc(-c3cccs3)c3c2NCCCC3)c1Cl. The molecule has 0 saturated carbocycles. The highest BCUT2D eigenvalue weighted by Gasteiger charge is 2.23. The van der Waals surface area contributed by atoms with Gasteiger partial charge >= 0.3 is 0 Å². The molecule has 3 aromatic rings. The van der Waals surface area contributed by atoms with Crippen molar-refractivity contribution in [2.24, 2.45) is 0 Å². The predicted molar refractivity (Wildman–Crippen MR) is 98.3 cm³/mol. The average Bonchev–Trinajstić information content (AvgIpc) is 3.12. The molecule has 0 bridgehead atoms. The summed E-state index contributed by atoms with van der Waals surface area (Å²) < 4.78 is 1.91. The van der Waals surface area contributed by atoms with Gasteiger partial charge in [-0.15, -0.1) is 11.3 Å². The molecule has 0 aliphatic carbocycles. The lowest BCUT2D eigenvalue weighted by Crippen LogP contribution is -2.07. The van der Waals surface area contributed by atoms with Crippen molar-refractivity contribution in [2.75, 3.05) is 11.9 Å². The molecule has 0 radical (unpaired) electrons. The van der Waals surface area contributed by atoms with Gasteiger partial charge in [-0.25, -0.2) is 4.68 Å². The van der Waals surface area contributed by atoms with E-state index < -0.39 is 0 Å². The highest BCUT2D eigenvalue weighted by Crippen LogP contribution is 2.38. The number of fused-ring (bicyclic) bond motifs is 1. The van der Waals surface area contributed by atoms with E-state index in [-0.39, 0.29) is 0 Å². The van der Waals surface area contributed by atoms with Crippen molar-refractivity contribution in [3.63, 3.8) is 0 Å². The van der Waals surface area contributed by atoms with E-state index in [0.29, 0.717) is 10.0 Å². The van der Waals surface area contributed by atoms with Gasteiger partial charge < -0.3 is 5.32 Å². The third kappa shape index (κ3) is 2.65. The van der Waals surface area contributed by atoms with Gasteiger partial charge in [-0.3, -0.25) is 0 Å². The van der Waals surface area contributed by atoms with E-state index >= 15 is 0 Å². The molecule has 1 aliphatic heterocycles. The number of halogens is 2. The molecule has 0 saturated heterocycles. The molecule has 3 nitrogen and oxygen atoms in total. The zero-order valence-corrected chi connectivity index (χ0v) is 14.7. The molecule has 3 heterocycles. The van der Waals surface area contributed by atoms with Gasteiger partial charge in [0.25, 0.3) is 0 Å². The summed E-state index contributed by atoms with van der Waals surface area (Å²) in [7, 11) is 0. The quantitative estimate of drug-likeness (QED) is 0.636. The van der Waals surface area contributed by atoms with Crippen LogP contribution in [0.2, 0.25) is 10.0 Å². The average molecular weight is 364 g/mol. The Kier molecular flexibility index (Phi) is 4.05. The molecule has 6 heteroatoms. The van der Waals surface area contributed by atoms with E-state index in [4.69, 9.17) is 28.3 Å². The molecule has 0 amide bonds. The first kappa shape index (κ1) is 15.1. The van der Waals surface area contributed by atoms with Crippen molar-refractivity contribution in [1.29, 1.82) is 0 Å². The maximum Gasteiger partial charge on any atom is 0.133 e. The van der Waals surface area contributed by atoms with Gasteiger partial charge in [0.1, 0.15) is 11.5 Å². The van der Waals surface area contributed by atoms with E-state index in [1.807, 2.05) is 16.8 Å². The zero-order valence-electron chi connectivity index (χ0n) is 12.4. The molecular formula is C17H15Cl2N3S. The van der Waals surface area contributed by atoms with E-state index in [9.17, 15) is 0 Å². The molecule has 4 rings (SSSR count). The predicted octanol–water partition coefficient (Wildman–Crippen LogP) is 5.66. The second kappa shape index (κ2) is 6.19. The van der Waals surface area contributed by atoms with Crippen LogP contribution in [0, 0.1) is 0 Å². The van der Waals surface area contributed by atoms with Crippen LogP contribution in [0.4, 0.5) is 5.82 Å². The van der Waals surface area contributed by atoms with Crippen LogP contribution >= 0.6 is 34.5 Å². The topological polar surface area (TPSA) is 29.9 Å². The van der Waals surface area contributed by atoms with Gasteiger partial charge in [-0.1, -0.05) is 35.3 Å². The summed E-state index contributed by atoms with van der Waals surface area (Å²) in [5.74, 6) is 1.04. The number of benzene rings is 1. The smallest absolute Gasteiger partial charge is 0.133 e. The lowest BCUT2D eigenvalue weighted by Gasteiger charge is -2.11. The van der Waals surface area contributed by atoms with Crippen LogP contribution in [0.15, 0.2) is 35.7 Å². The van der Waals surface area contributed by atoms with E-state index in [0.717, 1.165) is 43.0 Å². The fraction of sp³-hybridized carbons (Fsp3) is 0.235. The summed E-state index contributed by atoms with van der Waals surface area (Å²) in [5, 5.41) is 11.5. The molecule has 0 atom stereocenters. The normalized spacial score (nSPS) is 14.2. The molecule has 2 aromatic heterocycles. The summed E-state index contributed by atoms with van der Waals surface area (Å²) in [6.45, 7) is 0.945. The van der Waals surface area contributed by atoms with Crippen molar-refractivity contribution in [2.45, 2.75) is 19.3 Å². The first-order valence-corrected chi connectivity index (χ1v) is 9.23. The number of nitrogens with zero attached hydrogens (tertiary/aromatic N) is 2. The lowest BCUT2D eigenvalue weighted by molar-refractivity contribution is 0.780. The minimum atomic E-state index is 0.531. The Hall–Kier alpha value is -1.49. The Labute approximate surface area is 148 Å². The summed E-state index contributed by atoms with van der Waals surface area (Å²) in [5.41, 5.74) is 3.12. The monoisotopic (exact) mass is 363 g/mol. The third-order valence-electron chi connectivity index (χ3n) is 4.04. The van der Waals surface area contributed by atoms with Gasteiger partial charge in [0.2, 0.25) is 0 Å². The number of nitrogens with one attached hydrogen (secondary N) is 1. The van der Waals surface area contributed by atoms with E-state index in [1.165, 1.54) is 10.4 Å². The molecule has 0 fully saturated rings. The molecule has 118 valence electrons. The fourth-order valence-corrected chi connectivity index (χ4v) is 4.06. The highest BCUT2D eigenvalue weighted by atomic mass is 35.5. The Bertz CT molecular complexity index is 840. The van der Waals surface area contributed by atoms with Crippen molar-refractivity contribution in [3.05, 3.63) is 51.3 Å². The minimum absolute atomic E-state index is 0.531. The van der Waals surface area contributed by atoms with Crippen LogP contribution in [-0.4, -0.2) is 16.3 Å². The standard InChI is InChI=1S/C17H15Cl2N3S/c18-12-6-3-7-13(15(12)19)22-17-11(5-1-2-9-20-17)16(21-22)14-8-4-10-23-14/h3-4,6-8,10,20H,1-2,5,9H2. The van der Waals surface area contributed by atoms with Crippen molar-refractivity contribution in [3.8, 4) is 16.3 Å². The largest absolute Gasteiger partial charge is 0.370 e. The minimum Gasteiger partial charge on any atom is -0.370 e. The highest BCUT2D eigenvalue weighted by molar-refractivity contribution is 7.13. The zero-order chi connectivity index (χ0) is 15.8. The second-order valence-electron chi connectivity index (χ2n) is 5.52. The van der Waals surface area contributed by atoms with Crippen molar-refractivity contribution in [1.82, 2.24) is 9.78 Å². The molecule has 1 aromatic carbocycles. The van der Waals surface area contributed by atoms with Gasteiger partial charge in [0.05, 0.1) is 20.6 Å². The van der Waals surface area contributed by atoms with Crippen LogP contribution in [0.5, 0.6) is 0 Å². The number of hydrogen-bond donors (Lipinski definition) is 1. The van der Waals surface area contributed by atoms with Crippen LogP contribution in [-0.2, 0) is 6.42 Å². The Balaban J connectivity index is 1.95. The lowest BCUT2D eigenvalue weighted by atomic mass is 10.1. The van der Waals surface area contributed by atoms with Crippen LogP contribution in [0.3, 0.4) is 0 Å². The van der Waals surface area contributed by atoms with E-state index in [1.54, 1.807) is 17.4 Å². The molecule has 0 unspecified atom stereocenters. The third-order valence-corrected chi connectivity index (χ3v) is 5.73. The summed E-state index contributed by atoms with van der Waals surface area (Å²) in [4.78, 5) is 1.18. The number of aromatic nitrogens is 2. The van der Waals surface area contributed by atoms with Gasteiger partial charge in [0, 0.05) is 12.1 Å². The van der Waals surface area contributed by atoms with Crippen LogP contribution in [0.1, 0.15) is 18.4 Å². The molecule has 0 spiro atoms. The first-order valence-electron chi connectivity index (χ1n) is 7.60. The first-order chi connectivity index (χ1) is 11.3.